The molecule has 1 aliphatic heterocycles. The molecular formula is C21H20N4O3. The second-order valence-corrected chi connectivity index (χ2v) is 6.49. The van der Waals surface area contributed by atoms with Crippen molar-refractivity contribution in [1.29, 1.82) is 0 Å². The van der Waals surface area contributed by atoms with Gasteiger partial charge >= 0.3 is 6.03 Å². The molecule has 28 heavy (non-hydrogen) atoms. The third-order valence-electron chi connectivity index (χ3n) is 4.50. The van der Waals surface area contributed by atoms with Gasteiger partial charge in [0.2, 0.25) is 11.8 Å². The zero-order valence-corrected chi connectivity index (χ0v) is 15.2. The van der Waals surface area contributed by atoms with E-state index in [9.17, 15) is 9.59 Å². The van der Waals surface area contributed by atoms with E-state index in [-0.39, 0.29) is 18.5 Å². The van der Waals surface area contributed by atoms with Crippen LogP contribution >= 0.6 is 0 Å². The summed E-state index contributed by atoms with van der Waals surface area (Å²) in [5, 5.41) is 5.50. The van der Waals surface area contributed by atoms with Crippen molar-refractivity contribution in [3.8, 4) is 11.3 Å². The average molecular weight is 376 g/mol. The first-order chi connectivity index (χ1) is 13.7. The van der Waals surface area contributed by atoms with E-state index in [4.69, 9.17) is 4.42 Å². The summed E-state index contributed by atoms with van der Waals surface area (Å²) >= 11 is 0. The Morgan fingerprint density at radius 2 is 2.00 bits per heavy atom. The van der Waals surface area contributed by atoms with Gasteiger partial charge in [-0.05, 0) is 24.6 Å². The maximum absolute atomic E-state index is 12.2. The van der Waals surface area contributed by atoms with Gasteiger partial charge in [0.25, 0.3) is 0 Å². The first kappa shape index (κ1) is 17.8. The number of oxazole rings is 1. The quantitative estimate of drug-likeness (QED) is 0.709. The third kappa shape index (κ3) is 4.03. The molecule has 1 saturated heterocycles. The Morgan fingerprint density at radius 3 is 2.79 bits per heavy atom. The van der Waals surface area contributed by atoms with Crippen LogP contribution in [0.15, 0.2) is 65.2 Å². The van der Waals surface area contributed by atoms with Crippen molar-refractivity contribution in [2.45, 2.75) is 19.4 Å². The zero-order chi connectivity index (χ0) is 19.3. The maximum atomic E-state index is 12.2. The lowest BCUT2D eigenvalue weighted by atomic mass is 10.2. The van der Waals surface area contributed by atoms with Crippen molar-refractivity contribution >= 4 is 23.3 Å². The van der Waals surface area contributed by atoms with E-state index >= 15 is 0 Å². The van der Waals surface area contributed by atoms with Gasteiger partial charge < -0.3 is 20.0 Å². The molecule has 2 aromatic carbocycles. The van der Waals surface area contributed by atoms with Crippen LogP contribution in [0.1, 0.15) is 18.7 Å². The molecule has 0 aliphatic carbocycles. The lowest BCUT2D eigenvalue weighted by molar-refractivity contribution is -0.117. The number of nitrogens with one attached hydrogen (secondary N) is 2. The number of benzene rings is 2. The van der Waals surface area contributed by atoms with Gasteiger partial charge in [0.05, 0.1) is 12.7 Å². The number of carbonyl (C=O) groups excluding carboxylic acids is 2. The van der Waals surface area contributed by atoms with Crippen LogP contribution in [0.25, 0.3) is 11.3 Å². The lowest BCUT2D eigenvalue weighted by Gasteiger charge is -2.16. The van der Waals surface area contributed by atoms with Crippen LogP contribution in [0.5, 0.6) is 0 Å². The summed E-state index contributed by atoms with van der Waals surface area (Å²) in [5.41, 5.74) is 2.34. The molecule has 0 bridgehead atoms. The molecule has 7 nitrogen and oxygen atoms in total. The molecule has 2 N–H and O–H groups in total. The molecule has 2 heterocycles. The number of rotatable bonds is 5. The molecule has 0 atom stereocenters. The molecule has 3 aromatic rings. The van der Waals surface area contributed by atoms with Crippen molar-refractivity contribution in [3.63, 3.8) is 0 Å². The van der Waals surface area contributed by atoms with Gasteiger partial charge in [-0.15, -0.1) is 0 Å². The SMILES string of the molecule is O=C(NCc1ncc(-c2ccccc2)o1)Nc1cccc(N2CCCC2=O)c1. The highest BCUT2D eigenvalue weighted by molar-refractivity contribution is 5.96. The van der Waals surface area contributed by atoms with Gasteiger partial charge in [-0.2, -0.15) is 0 Å². The average Bonchev–Trinajstić information content (AvgIpc) is 3.36. The summed E-state index contributed by atoms with van der Waals surface area (Å²) in [7, 11) is 0. The third-order valence-corrected chi connectivity index (χ3v) is 4.50. The molecule has 4 rings (SSSR count). The summed E-state index contributed by atoms with van der Waals surface area (Å²) in [6.45, 7) is 0.880. The standard InChI is InChI=1S/C21H20N4O3/c26-20-10-5-11-25(20)17-9-4-8-16(12-17)24-21(27)23-14-19-22-13-18(28-19)15-6-2-1-3-7-15/h1-4,6-9,12-13H,5,10-11,14H2,(H2,23,24,27). The summed E-state index contributed by atoms with van der Waals surface area (Å²) in [6, 6.07) is 16.5. The topological polar surface area (TPSA) is 87.5 Å². The Balaban J connectivity index is 1.34. The molecule has 1 fully saturated rings. The Hall–Kier alpha value is -3.61. The minimum absolute atomic E-state index is 0.111. The number of anilines is 2. The maximum Gasteiger partial charge on any atom is 0.319 e. The van der Waals surface area contributed by atoms with Crippen LogP contribution in [-0.4, -0.2) is 23.5 Å². The van der Waals surface area contributed by atoms with Crippen molar-refractivity contribution < 1.29 is 14.0 Å². The van der Waals surface area contributed by atoms with Crippen LogP contribution in [0.3, 0.4) is 0 Å². The van der Waals surface area contributed by atoms with Crippen molar-refractivity contribution in [1.82, 2.24) is 10.3 Å². The van der Waals surface area contributed by atoms with E-state index in [0.29, 0.717) is 30.3 Å². The Labute approximate surface area is 162 Å². The number of urea groups is 1. The van der Waals surface area contributed by atoms with Gasteiger partial charge in [-0.25, -0.2) is 9.78 Å². The van der Waals surface area contributed by atoms with E-state index < -0.39 is 0 Å². The fourth-order valence-corrected chi connectivity index (χ4v) is 3.13. The van der Waals surface area contributed by atoms with Crippen molar-refractivity contribution in [3.05, 3.63) is 66.7 Å². The molecule has 0 saturated carbocycles. The Morgan fingerprint density at radius 1 is 1.14 bits per heavy atom. The molecular weight excluding hydrogens is 356 g/mol. The van der Waals surface area contributed by atoms with E-state index in [2.05, 4.69) is 15.6 Å². The molecule has 142 valence electrons. The fourth-order valence-electron chi connectivity index (χ4n) is 3.13. The largest absolute Gasteiger partial charge is 0.439 e. The minimum atomic E-state index is -0.371. The highest BCUT2D eigenvalue weighted by Gasteiger charge is 2.21. The van der Waals surface area contributed by atoms with Crippen molar-refractivity contribution in [2.24, 2.45) is 0 Å². The number of aromatic nitrogens is 1. The van der Waals surface area contributed by atoms with Gasteiger partial charge in [-0.1, -0.05) is 36.4 Å². The Bertz CT molecular complexity index is 984. The first-order valence-electron chi connectivity index (χ1n) is 9.14. The van der Waals surface area contributed by atoms with Crippen LogP contribution in [0, 0.1) is 0 Å². The molecule has 0 unspecified atom stereocenters. The number of amides is 3. The molecule has 0 radical (unpaired) electrons. The van der Waals surface area contributed by atoms with E-state index in [0.717, 1.165) is 17.7 Å². The molecule has 0 spiro atoms. The number of hydrogen-bond donors (Lipinski definition) is 2. The van der Waals surface area contributed by atoms with Crippen molar-refractivity contribution in [2.75, 3.05) is 16.8 Å². The molecule has 3 amide bonds. The van der Waals surface area contributed by atoms with Crippen LogP contribution < -0.4 is 15.5 Å². The second-order valence-electron chi connectivity index (χ2n) is 6.49. The molecule has 7 heteroatoms. The summed E-state index contributed by atoms with van der Waals surface area (Å²) < 4.78 is 5.67. The second kappa shape index (κ2) is 7.96. The predicted molar refractivity (Wildman–Crippen MR) is 106 cm³/mol. The summed E-state index contributed by atoms with van der Waals surface area (Å²) in [5.74, 6) is 1.19. The number of hydrogen-bond acceptors (Lipinski definition) is 4. The molecule has 1 aromatic heterocycles. The van der Waals surface area contributed by atoms with Crippen LogP contribution in [0.4, 0.5) is 16.2 Å². The van der Waals surface area contributed by atoms with Gasteiger partial charge in [-0.3, -0.25) is 4.79 Å². The summed E-state index contributed by atoms with van der Waals surface area (Å²) in [6.07, 6.45) is 3.07. The normalized spacial score (nSPS) is 13.6. The number of nitrogens with zero attached hydrogens (tertiary/aromatic N) is 2. The predicted octanol–water partition coefficient (Wildman–Crippen LogP) is 3.79. The highest BCUT2D eigenvalue weighted by atomic mass is 16.4. The lowest BCUT2D eigenvalue weighted by Crippen LogP contribution is -2.28. The Kier molecular flexibility index (Phi) is 5.05. The highest BCUT2D eigenvalue weighted by Crippen LogP contribution is 2.24. The molecule has 1 aliphatic rings. The van der Waals surface area contributed by atoms with Crippen LogP contribution in [0.2, 0.25) is 0 Å². The first-order valence-corrected chi connectivity index (χ1v) is 9.14. The smallest absolute Gasteiger partial charge is 0.319 e. The monoisotopic (exact) mass is 376 g/mol. The zero-order valence-electron chi connectivity index (χ0n) is 15.2. The van der Waals surface area contributed by atoms with Gasteiger partial charge in [0, 0.05) is 29.9 Å². The minimum Gasteiger partial charge on any atom is -0.439 e. The van der Waals surface area contributed by atoms with Crippen LogP contribution in [-0.2, 0) is 11.3 Å². The van der Waals surface area contributed by atoms with Gasteiger partial charge in [0.1, 0.15) is 0 Å². The van der Waals surface area contributed by atoms with E-state index in [1.165, 1.54) is 0 Å². The number of carbonyl (C=O) groups is 2. The van der Waals surface area contributed by atoms with E-state index in [1.807, 2.05) is 42.5 Å². The fraction of sp³-hybridized carbons (Fsp3) is 0.190. The van der Waals surface area contributed by atoms with Gasteiger partial charge in [0.15, 0.2) is 5.76 Å². The van der Waals surface area contributed by atoms with E-state index in [1.54, 1.807) is 23.2 Å². The summed E-state index contributed by atoms with van der Waals surface area (Å²) in [4.78, 5) is 30.0.